The summed E-state index contributed by atoms with van der Waals surface area (Å²) in [6, 6.07) is 0. The zero-order valence-electron chi connectivity index (χ0n) is 9.87. The predicted octanol–water partition coefficient (Wildman–Crippen LogP) is 3.42. The van der Waals surface area contributed by atoms with Crippen LogP contribution in [0.15, 0.2) is 6.20 Å². The summed E-state index contributed by atoms with van der Waals surface area (Å²) in [5.41, 5.74) is 0. The third-order valence-corrected chi connectivity index (χ3v) is 3.82. The first-order chi connectivity index (χ1) is 7.88. The summed E-state index contributed by atoms with van der Waals surface area (Å²) in [6.07, 6.45) is 8.92. The highest BCUT2D eigenvalue weighted by Crippen LogP contribution is 2.23. The van der Waals surface area contributed by atoms with Crippen LogP contribution in [-0.2, 0) is 11.3 Å². The summed E-state index contributed by atoms with van der Waals surface area (Å²) in [5.74, 6) is 0. The minimum Gasteiger partial charge on any atom is -0.373 e. The van der Waals surface area contributed by atoms with Gasteiger partial charge >= 0.3 is 0 Å². The molecule has 0 aliphatic heterocycles. The summed E-state index contributed by atoms with van der Waals surface area (Å²) in [7, 11) is 0. The average Bonchev–Trinajstić information content (AvgIpc) is 2.76. The molecule has 0 atom stereocenters. The Bertz CT molecular complexity index is 308. The maximum atomic E-state index is 5.90. The van der Waals surface area contributed by atoms with E-state index in [2.05, 4.69) is 17.2 Å². The van der Waals surface area contributed by atoms with Crippen LogP contribution in [0.4, 0.5) is 5.13 Å². The lowest BCUT2D eigenvalue weighted by Crippen LogP contribution is -2.15. The van der Waals surface area contributed by atoms with Gasteiger partial charge in [-0.1, -0.05) is 30.6 Å². The molecule has 2 rings (SSSR count). The predicted molar refractivity (Wildman–Crippen MR) is 67.9 cm³/mol. The summed E-state index contributed by atoms with van der Waals surface area (Å²) >= 11 is 1.70. The van der Waals surface area contributed by atoms with Gasteiger partial charge in [0.15, 0.2) is 5.13 Å². The number of hydrogen-bond donors (Lipinski definition) is 1. The van der Waals surface area contributed by atoms with E-state index >= 15 is 0 Å². The van der Waals surface area contributed by atoms with Crippen molar-refractivity contribution in [3.8, 4) is 0 Å². The molecule has 0 aromatic carbocycles. The Balaban J connectivity index is 1.75. The molecule has 1 aliphatic carbocycles. The Morgan fingerprint density at radius 1 is 1.44 bits per heavy atom. The number of thiazole rings is 1. The summed E-state index contributed by atoms with van der Waals surface area (Å²) < 4.78 is 5.90. The lowest BCUT2D eigenvalue weighted by Gasteiger charge is -2.21. The first-order valence-electron chi connectivity index (χ1n) is 6.18. The fourth-order valence-electron chi connectivity index (χ4n) is 2.04. The highest BCUT2D eigenvalue weighted by atomic mass is 32.1. The minimum absolute atomic E-state index is 0.485. The van der Waals surface area contributed by atoms with Gasteiger partial charge in [0, 0.05) is 12.7 Å². The van der Waals surface area contributed by atoms with E-state index in [1.807, 2.05) is 6.20 Å². The number of ether oxygens (including phenoxy) is 1. The molecular formula is C12H20N2OS. The number of nitrogens with one attached hydrogen (secondary N) is 1. The van der Waals surface area contributed by atoms with Gasteiger partial charge in [0.2, 0.25) is 0 Å². The Morgan fingerprint density at radius 3 is 3.00 bits per heavy atom. The Hall–Kier alpha value is -0.610. The van der Waals surface area contributed by atoms with Crippen molar-refractivity contribution >= 4 is 16.5 Å². The molecule has 0 radical (unpaired) electrons. The van der Waals surface area contributed by atoms with E-state index in [0.29, 0.717) is 6.10 Å². The third kappa shape index (κ3) is 3.46. The van der Waals surface area contributed by atoms with E-state index in [-0.39, 0.29) is 0 Å². The molecule has 1 heterocycles. The van der Waals surface area contributed by atoms with Crippen LogP contribution in [0, 0.1) is 0 Å². The summed E-state index contributed by atoms with van der Waals surface area (Å²) in [6.45, 7) is 3.74. The van der Waals surface area contributed by atoms with Crippen LogP contribution in [0.3, 0.4) is 0 Å². The standard InChI is InChI=1S/C12H20N2OS/c1-2-13-12-14-8-11(16-12)9-15-10-6-4-3-5-7-10/h8,10H,2-7,9H2,1H3,(H,13,14). The Kier molecular flexibility index (Phi) is 4.60. The molecule has 0 bridgehead atoms. The quantitative estimate of drug-likeness (QED) is 0.856. The zero-order chi connectivity index (χ0) is 11.2. The molecule has 0 amide bonds. The van der Waals surface area contributed by atoms with Crippen LogP contribution in [-0.4, -0.2) is 17.6 Å². The maximum absolute atomic E-state index is 5.90. The molecule has 16 heavy (non-hydrogen) atoms. The maximum Gasteiger partial charge on any atom is 0.182 e. The molecule has 90 valence electrons. The molecule has 1 aliphatic rings. The average molecular weight is 240 g/mol. The van der Waals surface area contributed by atoms with Crippen LogP contribution < -0.4 is 5.32 Å². The van der Waals surface area contributed by atoms with Gasteiger partial charge in [-0.3, -0.25) is 0 Å². The van der Waals surface area contributed by atoms with Gasteiger partial charge in [-0.15, -0.1) is 0 Å². The van der Waals surface area contributed by atoms with Gasteiger partial charge in [-0.2, -0.15) is 0 Å². The fourth-order valence-corrected chi connectivity index (χ4v) is 2.84. The topological polar surface area (TPSA) is 34.2 Å². The van der Waals surface area contributed by atoms with E-state index in [9.17, 15) is 0 Å². The van der Waals surface area contributed by atoms with Crippen molar-refractivity contribution in [3.05, 3.63) is 11.1 Å². The van der Waals surface area contributed by atoms with E-state index in [4.69, 9.17) is 4.74 Å². The molecule has 4 heteroatoms. The highest BCUT2D eigenvalue weighted by Gasteiger charge is 2.14. The molecular weight excluding hydrogens is 220 g/mol. The van der Waals surface area contributed by atoms with Crippen molar-refractivity contribution in [2.24, 2.45) is 0 Å². The number of aromatic nitrogens is 1. The molecule has 1 aromatic rings. The molecule has 1 aromatic heterocycles. The van der Waals surface area contributed by atoms with Gasteiger partial charge in [-0.25, -0.2) is 4.98 Å². The van der Waals surface area contributed by atoms with Crippen molar-refractivity contribution in [2.45, 2.75) is 51.7 Å². The second-order valence-corrected chi connectivity index (χ2v) is 5.35. The van der Waals surface area contributed by atoms with Crippen LogP contribution >= 0.6 is 11.3 Å². The molecule has 0 spiro atoms. The third-order valence-electron chi connectivity index (χ3n) is 2.90. The van der Waals surface area contributed by atoms with Crippen molar-refractivity contribution in [1.82, 2.24) is 4.98 Å². The van der Waals surface area contributed by atoms with Crippen LogP contribution in [0.2, 0.25) is 0 Å². The molecule has 1 saturated carbocycles. The fraction of sp³-hybridized carbons (Fsp3) is 0.750. The first kappa shape index (κ1) is 11.9. The SMILES string of the molecule is CCNc1ncc(COC2CCCCC2)s1. The molecule has 1 N–H and O–H groups in total. The smallest absolute Gasteiger partial charge is 0.182 e. The number of nitrogens with zero attached hydrogens (tertiary/aromatic N) is 1. The number of anilines is 1. The van der Waals surface area contributed by atoms with E-state index in [1.54, 1.807) is 11.3 Å². The van der Waals surface area contributed by atoms with Crippen LogP contribution in [0.1, 0.15) is 43.9 Å². The van der Waals surface area contributed by atoms with Crippen molar-refractivity contribution in [1.29, 1.82) is 0 Å². The molecule has 0 saturated heterocycles. The summed E-state index contributed by atoms with van der Waals surface area (Å²) in [4.78, 5) is 5.52. The second-order valence-electron chi connectivity index (χ2n) is 4.23. The van der Waals surface area contributed by atoms with Crippen LogP contribution in [0.5, 0.6) is 0 Å². The van der Waals surface area contributed by atoms with Crippen molar-refractivity contribution < 1.29 is 4.74 Å². The van der Waals surface area contributed by atoms with E-state index < -0.39 is 0 Å². The van der Waals surface area contributed by atoms with Gasteiger partial charge in [0.25, 0.3) is 0 Å². The molecule has 0 unspecified atom stereocenters. The monoisotopic (exact) mass is 240 g/mol. The van der Waals surface area contributed by atoms with Gasteiger partial charge < -0.3 is 10.1 Å². The lowest BCUT2D eigenvalue weighted by molar-refractivity contribution is 0.0181. The van der Waals surface area contributed by atoms with E-state index in [1.165, 1.54) is 37.0 Å². The van der Waals surface area contributed by atoms with Crippen molar-refractivity contribution in [3.63, 3.8) is 0 Å². The summed E-state index contributed by atoms with van der Waals surface area (Å²) in [5, 5.41) is 4.22. The second kappa shape index (κ2) is 6.21. The highest BCUT2D eigenvalue weighted by molar-refractivity contribution is 7.15. The Labute approximate surface area is 101 Å². The van der Waals surface area contributed by atoms with Gasteiger partial charge in [0.05, 0.1) is 17.6 Å². The first-order valence-corrected chi connectivity index (χ1v) is 7.00. The largest absolute Gasteiger partial charge is 0.373 e. The van der Waals surface area contributed by atoms with Gasteiger partial charge in [-0.05, 0) is 19.8 Å². The van der Waals surface area contributed by atoms with Crippen molar-refractivity contribution in [2.75, 3.05) is 11.9 Å². The zero-order valence-corrected chi connectivity index (χ0v) is 10.7. The number of hydrogen-bond acceptors (Lipinski definition) is 4. The molecule has 3 nitrogen and oxygen atoms in total. The van der Waals surface area contributed by atoms with E-state index in [0.717, 1.165) is 18.3 Å². The number of rotatable bonds is 5. The van der Waals surface area contributed by atoms with Crippen LogP contribution in [0.25, 0.3) is 0 Å². The lowest BCUT2D eigenvalue weighted by atomic mass is 9.98. The molecule has 1 fully saturated rings. The normalized spacial score (nSPS) is 17.6. The Morgan fingerprint density at radius 2 is 2.25 bits per heavy atom. The minimum atomic E-state index is 0.485. The van der Waals surface area contributed by atoms with Gasteiger partial charge in [0.1, 0.15) is 0 Å².